The number of aromatic amines is 2. The summed E-state index contributed by atoms with van der Waals surface area (Å²) in [5.74, 6) is 0. The van der Waals surface area contributed by atoms with Gasteiger partial charge in [-0.1, -0.05) is 30.4 Å². The molecule has 0 amide bonds. The van der Waals surface area contributed by atoms with E-state index in [0.29, 0.717) is 15.7 Å². The summed E-state index contributed by atoms with van der Waals surface area (Å²) in [6, 6.07) is 9.30. The second-order valence-corrected chi connectivity index (χ2v) is 3.93. The molecule has 0 radical (unpaired) electrons. The maximum atomic E-state index is 12.1. The molecular weight excluding hydrogens is 236 g/mol. The Morgan fingerprint density at radius 3 is 2.65 bits per heavy atom. The smallest absolute Gasteiger partial charge is 0.295 e. The lowest BCUT2D eigenvalue weighted by Crippen LogP contribution is -2.14. The maximum absolute atomic E-state index is 12.1. The van der Waals surface area contributed by atoms with E-state index in [0.717, 1.165) is 5.69 Å². The van der Waals surface area contributed by atoms with Gasteiger partial charge in [0.1, 0.15) is 11.0 Å². The number of fused-ring (bicyclic) bond motifs is 1. The fourth-order valence-electron chi connectivity index (χ4n) is 1.70. The summed E-state index contributed by atoms with van der Waals surface area (Å²) in [5, 5.41) is 2.95. The van der Waals surface area contributed by atoms with Crippen LogP contribution in [0.3, 0.4) is 0 Å². The summed E-state index contributed by atoms with van der Waals surface area (Å²) >= 11 is 5.06. The second-order valence-electron chi connectivity index (χ2n) is 3.55. The van der Waals surface area contributed by atoms with Crippen LogP contribution in [-0.2, 0) is 0 Å². The average Bonchev–Trinajstić information content (AvgIpc) is 2.70. The third kappa shape index (κ3) is 1.50. The van der Waals surface area contributed by atoms with Gasteiger partial charge in [0.2, 0.25) is 0 Å². The van der Waals surface area contributed by atoms with Gasteiger partial charge in [0, 0.05) is 0 Å². The van der Waals surface area contributed by atoms with Crippen LogP contribution in [0.1, 0.15) is 0 Å². The Morgan fingerprint density at radius 1 is 1.18 bits per heavy atom. The molecule has 5 nitrogen and oxygen atoms in total. The van der Waals surface area contributed by atoms with Gasteiger partial charge in [-0.25, -0.2) is 9.67 Å². The standard InChI is InChI=1S/C11H8N4OS/c16-11-9-8(10(17)13-6-12-9)14-15(11)7-4-2-1-3-5-7/h1-6,14H,(H,12,13,17). The molecule has 0 aliphatic heterocycles. The molecule has 2 N–H and O–H groups in total. The quantitative estimate of drug-likeness (QED) is 0.641. The lowest BCUT2D eigenvalue weighted by atomic mass is 10.3. The molecule has 0 aliphatic rings. The number of nitrogens with one attached hydrogen (secondary N) is 2. The molecule has 84 valence electrons. The zero-order valence-corrected chi connectivity index (χ0v) is 9.49. The number of nitrogens with zero attached hydrogens (tertiary/aromatic N) is 2. The van der Waals surface area contributed by atoms with E-state index in [4.69, 9.17) is 12.2 Å². The van der Waals surface area contributed by atoms with Crippen LogP contribution in [0.15, 0.2) is 41.5 Å². The van der Waals surface area contributed by atoms with Gasteiger partial charge >= 0.3 is 0 Å². The summed E-state index contributed by atoms with van der Waals surface area (Å²) in [5.41, 5.74) is 1.58. The Bertz CT molecular complexity index is 784. The number of hydrogen-bond donors (Lipinski definition) is 2. The molecule has 0 atom stereocenters. The number of H-pyrrole nitrogens is 2. The molecule has 17 heavy (non-hydrogen) atoms. The van der Waals surface area contributed by atoms with Gasteiger partial charge in [-0.05, 0) is 12.1 Å². The second kappa shape index (κ2) is 3.67. The normalized spacial score (nSPS) is 10.8. The van der Waals surface area contributed by atoms with Crippen LogP contribution >= 0.6 is 12.2 Å². The number of aromatic nitrogens is 4. The first-order valence-corrected chi connectivity index (χ1v) is 5.42. The Labute approximate surface area is 101 Å². The first-order valence-electron chi connectivity index (χ1n) is 5.01. The lowest BCUT2D eigenvalue weighted by molar-refractivity contribution is 0.862. The number of para-hydroxylation sites is 1. The summed E-state index contributed by atoms with van der Waals surface area (Å²) in [6.07, 6.45) is 1.43. The van der Waals surface area contributed by atoms with Gasteiger partial charge in [-0.2, -0.15) is 0 Å². The van der Waals surface area contributed by atoms with Gasteiger partial charge in [-0.3, -0.25) is 9.89 Å². The molecule has 6 heteroatoms. The fraction of sp³-hybridized carbons (Fsp3) is 0. The molecule has 0 saturated heterocycles. The highest BCUT2D eigenvalue weighted by Crippen LogP contribution is 2.08. The molecule has 1 aromatic carbocycles. The van der Waals surface area contributed by atoms with E-state index in [2.05, 4.69) is 15.1 Å². The molecule has 0 spiro atoms. The highest BCUT2D eigenvalue weighted by Gasteiger charge is 2.09. The summed E-state index contributed by atoms with van der Waals surface area (Å²) in [7, 11) is 0. The first kappa shape index (κ1) is 9.98. The minimum absolute atomic E-state index is 0.167. The van der Waals surface area contributed by atoms with Crippen LogP contribution in [0.5, 0.6) is 0 Å². The fourth-order valence-corrected chi connectivity index (χ4v) is 1.91. The van der Waals surface area contributed by atoms with Gasteiger partial charge < -0.3 is 4.98 Å². The third-order valence-corrected chi connectivity index (χ3v) is 2.82. The van der Waals surface area contributed by atoms with E-state index in [-0.39, 0.29) is 5.56 Å². The molecule has 3 aromatic rings. The SMILES string of the molecule is O=c1c2[nH]cnc(=S)c2[nH]n1-c1ccccc1. The Hall–Kier alpha value is -2.21. The van der Waals surface area contributed by atoms with Crippen molar-refractivity contribution in [1.29, 1.82) is 0 Å². The summed E-state index contributed by atoms with van der Waals surface area (Å²) < 4.78 is 1.82. The Kier molecular flexibility index (Phi) is 2.15. The topological polar surface area (TPSA) is 66.5 Å². The van der Waals surface area contributed by atoms with E-state index in [1.54, 1.807) is 0 Å². The zero-order valence-electron chi connectivity index (χ0n) is 8.68. The van der Waals surface area contributed by atoms with Crippen molar-refractivity contribution in [3.8, 4) is 5.69 Å². The lowest BCUT2D eigenvalue weighted by Gasteiger charge is -1.98. The van der Waals surface area contributed by atoms with Gasteiger partial charge in [0.25, 0.3) is 5.56 Å². The molecule has 2 aromatic heterocycles. The third-order valence-electron chi connectivity index (χ3n) is 2.51. The number of rotatable bonds is 1. The van der Waals surface area contributed by atoms with Crippen molar-refractivity contribution >= 4 is 23.3 Å². The van der Waals surface area contributed by atoms with Crippen LogP contribution in [0.4, 0.5) is 0 Å². The number of hydrogen-bond acceptors (Lipinski definition) is 3. The molecule has 2 heterocycles. The van der Waals surface area contributed by atoms with Crippen LogP contribution in [0.2, 0.25) is 0 Å². The van der Waals surface area contributed by atoms with Gasteiger partial charge in [-0.15, -0.1) is 0 Å². The van der Waals surface area contributed by atoms with Crippen LogP contribution in [0.25, 0.3) is 16.7 Å². The highest BCUT2D eigenvalue weighted by atomic mass is 32.1. The van der Waals surface area contributed by atoms with Crippen molar-refractivity contribution in [2.75, 3.05) is 0 Å². The van der Waals surface area contributed by atoms with Gasteiger partial charge in [0.05, 0.1) is 12.0 Å². The van der Waals surface area contributed by atoms with Crippen LogP contribution in [-0.4, -0.2) is 19.7 Å². The van der Waals surface area contributed by atoms with E-state index >= 15 is 0 Å². The predicted octanol–water partition coefficient (Wildman–Crippen LogP) is 1.77. The minimum atomic E-state index is -0.167. The molecule has 0 aliphatic carbocycles. The highest BCUT2D eigenvalue weighted by molar-refractivity contribution is 7.71. The molecule has 0 saturated carbocycles. The summed E-state index contributed by atoms with van der Waals surface area (Å²) in [4.78, 5) is 18.8. The molecule has 0 unspecified atom stereocenters. The Balaban J connectivity index is 2.41. The van der Waals surface area contributed by atoms with Crippen molar-refractivity contribution < 1.29 is 0 Å². The van der Waals surface area contributed by atoms with Crippen LogP contribution in [0, 0.1) is 4.64 Å². The van der Waals surface area contributed by atoms with Crippen molar-refractivity contribution in [3.63, 3.8) is 0 Å². The van der Waals surface area contributed by atoms with Crippen molar-refractivity contribution in [2.24, 2.45) is 0 Å². The van der Waals surface area contributed by atoms with Gasteiger partial charge in [0.15, 0.2) is 4.64 Å². The maximum Gasteiger partial charge on any atom is 0.295 e. The minimum Gasteiger partial charge on any atom is -0.340 e. The van der Waals surface area contributed by atoms with Crippen molar-refractivity contribution in [1.82, 2.24) is 19.7 Å². The Morgan fingerprint density at radius 2 is 1.94 bits per heavy atom. The van der Waals surface area contributed by atoms with Crippen molar-refractivity contribution in [3.05, 3.63) is 51.7 Å². The zero-order chi connectivity index (χ0) is 11.8. The van der Waals surface area contributed by atoms with Crippen molar-refractivity contribution in [2.45, 2.75) is 0 Å². The first-order chi connectivity index (χ1) is 8.27. The molecule has 0 bridgehead atoms. The molecule has 0 fully saturated rings. The summed E-state index contributed by atoms with van der Waals surface area (Å²) in [6.45, 7) is 0. The van der Waals surface area contributed by atoms with E-state index in [9.17, 15) is 4.79 Å². The average molecular weight is 244 g/mol. The molecular formula is C11H8N4OS. The van der Waals surface area contributed by atoms with Crippen LogP contribution < -0.4 is 5.56 Å². The number of benzene rings is 1. The predicted molar refractivity (Wildman–Crippen MR) is 66.9 cm³/mol. The van der Waals surface area contributed by atoms with E-state index in [1.807, 2.05) is 30.3 Å². The van der Waals surface area contributed by atoms with E-state index in [1.165, 1.54) is 11.0 Å². The van der Waals surface area contributed by atoms with E-state index < -0.39 is 0 Å². The monoisotopic (exact) mass is 244 g/mol. The molecule has 3 rings (SSSR count). The largest absolute Gasteiger partial charge is 0.340 e.